The Kier molecular flexibility index (Phi) is 3.16. The van der Waals surface area contributed by atoms with Crippen LogP contribution in [0.25, 0.3) is 0 Å². The largest absolute Gasteiger partial charge is 0.317 e. The van der Waals surface area contributed by atoms with Crippen LogP contribution in [0.2, 0.25) is 0 Å². The van der Waals surface area contributed by atoms with Gasteiger partial charge in [0, 0.05) is 18.8 Å². The molecule has 4 heteroatoms. The van der Waals surface area contributed by atoms with Gasteiger partial charge in [0.05, 0.1) is 5.00 Å². The zero-order valence-electron chi connectivity index (χ0n) is 8.36. The molecule has 0 atom stereocenters. The second-order valence-electron chi connectivity index (χ2n) is 3.78. The molecule has 1 aromatic heterocycles. The summed E-state index contributed by atoms with van der Waals surface area (Å²) in [5, 5.41) is 5.69. The van der Waals surface area contributed by atoms with Gasteiger partial charge in [-0.1, -0.05) is 0 Å². The first-order valence-corrected chi connectivity index (χ1v) is 6.00. The maximum atomic E-state index is 11.8. The third-order valence-electron chi connectivity index (χ3n) is 2.68. The van der Waals surface area contributed by atoms with Gasteiger partial charge in [-0.25, -0.2) is 0 Å². The van der Waals surface area contributed by atoms with E-state index >= 15 is 0 Å². The lowest BCUT2D eigenvalue weighted by molar-refractivity contribution is -0.125. The standard InChI is InChI=1S/C11H13NO2S/c13-9-5-3-8(4-6-9)11(14)12-10-2-1-7-15-10/h1-2,7-8H,3-6H2,(H,12,14). The third kappa shape index (κ3) is 2.65. The first-order valence-electron chi connectivity index (χ1n) is 5.12. The van der Waals surface area contributed by atoms with Crippen molar-refractivity contribution >= 4 is 28.0 Å². The number of carbonyl (C=O) groups is 2. The lowest BCUT2D eigenvalue weighted by atomic mass is 9.88. The molecule has 80 valence electrons. The summed E-state index contributed by atoms with van der Waals surface area (Å²) in [6.45, 7) is 0. The van der Waals surface area contributed by atoms with Crippen LogP contribution in [-0.4, -0.2) is 11.7 Å². The smallest absolute Gasteiger partial charge is 0.228 e. The Morgan fingerprint density at radius 2 is 2.13 bits per heavy atom. The molecular weight excluding hydrogens is 210 g/mol. The van der Waals surface area contributed by atoms with Crippen molar-refractivity contribution in [2.75, 3.05) is 5.32 Å². The summed E-state index contributed by atoms with van der Waals surface area (Å²) in [6.07, 6.45) is 2.52. The lowest BCUT2D eigenvalue weighted by Gasteiger charge is -2.19. The second kappa shape index (κ2) is 4.57. The summed E-state index contributed by atoms with van der Waals surface area (Å²) in [6, 6.07) is 3.79. The molecular formula is C11H13NO2S. The predicted octanol–water partition coefficient (Wildman–Crippen LogP) is 2.45. The highest BCUT2D eigenvalue weighted by atomic mass is 32.1. The first-order chi connectivity index (χ1) is 7.25. The quantitative estimate of drug-likeness (QED) is 0.837. The maximum Gasteiger partial charge on any atom is 0.228 e. The van der Waals surface area contributed by atoms with Crippen LogP contribution in [0.4, 0.5) is 5.00 Å². The molecule has 1 aliphatic rings. The van der Waals surface area contributed by atoms with Crippen molar-refractivity contribution in [1.29, 1.82) is 0 Å². The van der Waals surface area contributed by atoms with Crippen LogP contribution in [0.5, 0.6) is 0 Å². The number of hydrogen-bond acceptors (Lipinski definition) is 3. The first kappa shape index (κ1) is 10.4. The van der Waals surface area contributed by atoms with E-state index in [1.165, 1.54) is 11.3 Å². The average Bonchev–Trinajstić information content (AvgIpc) is 2.71. The normalized spacial score (nSPS) is 17.7. The Bertz CT molecular complexity index is 349. The molecule has 2 rings (SSSR count). The second-order valence-corrected chi connectivity index (χ2v) is 4.73. The van der Waals surface area contributed by atoms with Crippen molar-refractivity contribution in [3.63, 3.8) is 0 Å². The van der Waals surface area contributed by atoms with Gasteiger partial charge in [0.25, 0.3) is 0 Å². The minimum atomic E-state index is 0.0183. The molecule has 0 spiro atoms. The van der Waals surface area contributed by atoms with Crippen molar-refractivity contribution < 1.29 is 9.59 Å². The molecule has 0 unspecified atom stereocenters. The van der Waals surface area contributed by atoms with Gasteiger partial charge in [-0.3, -0.25) is 9.59 Å². The van der Waals surface area contributed by atoms with Gasteiger partial charge in [-0.05, 0) is 30.4 Å². The van der Waals surface area contributed by atoms with Crippen LogP contribution in [0, 0.1) is 5.92 Å². The highest BCUT2D eigenvalue weighted by molar-refractivity contribution is 7.14. The van der Waals surface area contributed by atoms with Crippen LogP contribution in [-0.2, 0) is 9.59 Å². The van der Waals surface area contributed by atoms with Gasteiger partial charge in [-0.2, -0.15) is 0 Å². The minimum absolute atomic E-state index is 0.0183. The molecule has 0 saturated heterocycles. The van der Waals surface area contributed by atoms with Crippen LogP contribution in [0.1, 0.15) is 25.7 Å². The summed E-state index contributed by atoms with van der Waals surface area (Å²) in [5.74, 6) is 0.366. The number of amides is 1. The predicted molar refractivity (Wildman–Crippen MR) is 59.9 cm³/mol. The van der Waals surface area contributed by atoms with Crippen molar-refractivity contribution in [1.82, 2.24) is 0 Å². The zero-order valence-corrected chi connectivity index (χ0v) is 9.18. The number of thiophene rings is 1. The molecule has 1 N–H and O–H groups in total. The van der Waals surface area contributed by atoms with E-state index in [4.69, 9.17) is 0 Å². The molecule has 0 bridgehead atoms. The van der Waals surface area contributed by atoms with Crippen LogP contribution >= 0.6 is 11.3 Å². The number of nitrogens with one attached hydrogen (secondary N) is 1. The highest BCUT2D eigenvalue weighted by Crippen LogP contribution is 2.24. The summed E-state index contributed by atoms with van der Waals surface area (Å²) >= 11 is 1.52. The SMILES string of the molecule is O=C1CCC(C(=O)Nc2cccs2)CC1. The fourth-order valence-electron chi connectivity index (χ4n) is 1.78. The monoisotopic (exact) mass is 223 g/mol. The van der Waals surface area contributed by atoms with E-state index in [9.17, 15) is 9.59 Å². The molecule has 0 aliphatic heterocycles. The van der Waals surface area contributed by atoms with Gasteiger partial charge in [0.15, 0.2) is 0 Å². The van der Waals surface area contributed by atoms with E-state index < -0.39 is 0 Å². The maximum absolute atomic E-state index is 11.8. The minimum Gasteiger partial charge on any atom is -0.317 e. The summed E-state index contributed by atoms with van der Waals surface area (Å²) in [5.41, 5.74) is 0. The Labute approximate surface area is 92.5 Å². The van der Waals surface area contributed by atoms with Gasteiger partial charge in [0.1, 0.15) is 5.78 Å². The molecule has 0 radical (unpaired) electrons. The number of rotatable bonds is 2. The van der Waals surface area contributed by atoms with Crippen molar-refractivity contribution in [2.24, 2.45) is 5.92 Å². The van der Waals surface area contributed by atoms with E-state index in [-0.39, 0.29) is 17.6 Å². The molecule has 1 aliphatic carbocycles. The van der Waals surface area contributed by atoms with E-state index in [0.717, 1.165) is 5.00 Å². The van der Waals surface area contributed by atoms with E-state index in [0.29, 0.717) is 25.7 Å². The molecule has 1 saturated carbocycles. The number of Topliss-reactive ketones (excluding diaryl/α,β-unsaturated/α-hetero) is 1. The molecule has 1 aromatic rings. The van der Waals surface area contributed by atoms with Gasteiger partial charge < -0.3 is 5.32 Å². The zero-order chi connectivity index (χ0) is 10.7. The number of carbonyl (C=O) groups excluding carboxylic acids is 2. The summed E-state index contributed by atoms with van der Waals surface area (Å²) < 4.78 is 0. The molecule has 0 aromatic carbocycles. The molecule has 1 amide bonds. The molecule has 3 nitrogen and oxygen atoms in total. The molecule has 15 heavy (non-hydrogen) atoms. The fraction of sp³-hybridized carbons (Fsp3) is 0.455. The average molecular weight is 223 g/mol. The van der Waals surface area contributed by atoms with E-state index in [1.807, 2.05) is 17.5 Å². The molecule has 1 heterocycles. The number of ketones is 1. The Morgan fingerprint density at radius 1 is 1.40 bits per heavy atom. The van der Waals surface area contributed by atoms with Crippen LogP contribution in [0.3, 0.4) is 0 Å². The number of hydrogen-bond donors (Lipinski definition) is 1. The van der Waals surface area contributed by atoms with Crippen molar-refractivity contribution in [3.8, 4) is 0 Å². The van der Waals surface area contributed by atoms with Gasteiger partial charge in [0.2, 0.25) is 5.91 Å². The highest BCUT2D eigenvalue weighted by Gasteiger charge is 2.24. The third-order valence-corrected chi connectivity index (χ3v) is 3.47. The van der Waals surface area contributed by atoms with E-state index in [1.54, 1.807) is 0 Å². The fourth-order valence-corrected chi connectivity index (χ4v) is 2.40. The van der Waals surface area contributed by atoms with Crippen molar-refractivity contribution in [3.05, 3.63) is 17.5 Å². The lowest BCUT2D eigenvalue weighted by Crippen LogP contribution is -2.26. The van der Waals surface area contributed by atoms with Crippen LogP contribution < -0.4 is 5.32 Å². The Hall–Kier alpha value is -1.16. The van der Waals surface area contributed by atoms with Gasteiger partial charge >= 0.3 is 0 Å². The summed E-state index contributed by atoms with van der Waals surface area (Å²) in [7, 11) is 0. The molecule has 1 fully saturated rings. The van der Waals surface area contributed by atoms with Crippen molar-refractivity contribution in [2.45, 2.75) is 25.7 Å². The Morgan fingerprint density at radius 3 is 2.73 bits per heavy atom. The number of anilines is 1. The van der Waals surface area contributed by atoms with Gasteiger partial charge in [-0.15, -0.1) is 11.3 Å². The Balaban J connectivity index is 1.89. The van der Waals surface area contributed by atoms with Crippen LogP contribution in [0.15, 0.2) is 17.5 Å². The summed E-state index contributed by atoms with van der Waals surface area (Å²) in [4.78, 5) is 22.8. The van der Waals surface area contributed by atoms with E-state index in [2.05, 4.69) is 5.32 Å². The topological polar surface area (TPSA) is 46.2 Å².